The molecule has 0 aromatic heterocycles. The lowest BCUT2D eigenvalue weighted by Crippen LogP contribution is -2.28. The van der Waals surface area contributed by atoms with Crippen LogP contribution in [0.15, 0.2) is 47.4 Å². The molecule has 1 saturated heterocycles. The van der Waals surface area contributed by atoms with E-state index in [-0.39, 0.29) is 28.6 Å². The molecule has 0 saturated carbocycles. The van der Waals surface area contributed by atoms with Crippen molar-refractivity contribution in [3.8, 4) is 0 Å². The third kappa shape index (κ3) is 3.83. The third-order valence-electron chi connectivity index (χ3n) is 4.26. The first-order valence-electron chi connectivity index (χ1n) is 8.15. The van der Waals surface area contributed by atoms with E-state index in [2.05, 4.69) is 5.32 Å². The number of non-ortho nitro benzene ring substituents is 1. The van der Waals surface area contributed by atoms with E-state index in [0.29, 0.717) is 13.1 Å². The molecule has 0 aliphatic carbocycles. The minimum absolute atomic E-state index is 0.115. The van der Waals surface area contributed by atoms with Crippen LogP contribution in [0.1, 0.15) is 18.4 Å². The highest BCUT2D eigenvalue weighted by atomic mass is 32.2. The molecular weight excluding hydrogens is 361 g/mol. The van der Waals surface area contributed by atoms with Gasteiger partial charge in [-0.1, -0.05) is 12.1 Å². The van der Waals surface area contributed by atoms with Crippen molar-refractivity contribution in [1.29, 1.82) is 0 Å². The average molecular weight is 379 g/mol. The second-order valence-electron chi connectivity index (χ2n) is 6.03. The fraction of sp³-hybridized carbons (Fsp3) is 0.294. The van der Waals surface area contributed by atoms with E-state index in [1.54, 1.807) is 12.1 Å². The Labute approximate surface area is 150 Å². The molecule has 138 valence electrons. The summed E-state index contributed by atoms with van der Waals surface area (Å²) in [4.78, 5) is 10.3. The Morgan fingerprint density at radius 3 is 2.38 bits per heavy atom. The molecular formula is C17H18FN3O4S. The molecule has 7 nitrogen and oxygen atoms in total. The number of nitrogens with zero attached hydrogens (tertiary/aromatic N) is 2. The molecule has 3 rings (SSSR count). The maximum Gasteiger partial charge on any atom is 0.270 e. The van der Waals surface area contributed by atoms with Gasteiger partial charge in [-0.15, -0.1) is 0 Å². The smallest absolute Gasteiger partial charge is 0.270 e. The van der Waals surface area contributed by atoms with E-state index in [1.165, 1.54) is 28.6 Å². The number of nitro benzene ring substituents is 1. The predicted molar refractivity (Wildman–Crippen MR) is 94.8 cm³/mol. The minimum Gasteiger partial charge on any atom is -0.380 e. The highest BCUT2D eigenvalue weighted by Gasteiger charge is 2.30. The number of anilines is 1. The molecule has 26 heavy (non-hydrogen) atoms. The standard InChI is InChI=1S/C17H18FN3O4S/c18-14-5-3-13(4-6-14)12-19-16-8-7-15(21(22)23)11-17(16)26(24,25)20-9-1-2-10-20/h3-8,11,19H,1-2,9-10,12H2. The molecule has 2 aromatic rings. The van der Waals surface area contributed by atoms with Gasteiger partial charge >= 0.3 is 0 Å². The Balaban J connectivity index is 1.93. The first-order valence-corrected chi connectivity index (χ1v) is 9.59. The number of nitrogens with one attached hydrogen (secondary N) is 1. The van der Waals surface area contributed by atoms with Crippen molar-refractivity contribution in [3.05, 3.63) is 64.0 Å². The van der Waals surface area contributed by atoms with Crippen molar-refractivity contribution >= 4 is 21.4 Å². The summed E-state index contributed by atoms with van der Waals surface area (Å²) in [6, 6.07) is 9.54. The Morgan fingerprint density at radius 2 is 1.77 bits per heavy atom. The Hall–Kier alpha value is -2.52. The normalized spacial score (nSPS) is 15.1. The number of nitro groups is 1. The molecule has 0 unspecified atom stereocenters. The molecule has 2 aromatic carbocycles. The van der Waals surface area contributed by atoms with Crippen molar-refractivity contribution < 1.29 is 17.7 Å². The van der Waals surface area contributed by atoms with Gasteiger partial charge in [-0.05, 0) is 36.6 Å². The SMILES string of the molecule is O=[N+]([O-])c1ccc(NCc2ccc(F)cc2)c(S(=O)(=O)N2CCCC2)c1. The quantitative estimate of drug-likeness (QED) is 0.615. The Kier molecular flexibility index (Phi) is 5.19. The fourth-order valence-electron chi connectivity index (χ4n) is 2.85. The summed E-state index contributed by atoms with van der Waals surface area (Å²) in [7, 11) is -3.83. The summed E-state index contributed by atoms with van der Waals surface area (Å²) in [5.74, 6) is -0.360. The summed E-state index contributed by atoms with van der Waals surface area (Å²) < 4.78 is 40.1. The van der Waals surface area contributed by atoms with Crippen molar-refractivity contribution in [2.75, 3.05) is 18.4 Å². The summed E-state index contributed by atoms with van der Waals surface area (Å²) in [5.41, 5.74) is 0.760. The summed E-state index contributed by atoms with van der Waals surface area (Å²) in [5, 5.41) is 14.1. The second-order valence-corrected chi connectivity index (χ2v) is 7.94. The Bertz CT molecular complexity index is 910. The van der Waals surface area contributed by atoms with Gasteiger partial charge in [0, 0.05) is 31.8 Å². The van der Waals surface area contributed by atoms with E-state index in [4.69, 9.17) is 0 Å². The lowest BCUT2D eigenvalue weighted by molar-refractivity contribution is -0.385. The van der Waals surface area contributed by atoms with Gasteiger partial charge in [0.15, 0.2) is 0 Å². The Morgan fingerprint density at radius 1 is 1.12 bits per heavy atom. The van der Waals surface area contributed by atoms with Crippen LogP contribution in [0.5, 0.6) is 0 Å². The molecule has 0 radical (unpaired) electrons. The van der Waals surface area contributed by atoms with Crippen LogP contribution in [0.25, 0.3) is 0 Å². The van der Waals surface area contributed by atoms with Crippen LogP contribution in [-0.4, -0.2) is 30.7 Å². The van der Waals surface area contributed by atoms with Crippen molar-refractivity contribution in [3.63, 3.8) is 0 Å². The van der Waals surface area contributed by atoms with Crippen molar-refractivity contribution in [1.82, 2.24) is 4.31 Å². The van der Waals surface area contributed by atoms with E-state index < -0.39 is 14.9 Å². The molecule has 1 aliphatic heterocycles. The van der Waals surface area contributed by atoms with E-state index in [9.17, 15) is 22.9 Å². The maximum atomic E-state index is 13.0. The highest BCUT2D eigenvalue weighted by Crippen LogP contribution is 2.31. The number of sulfonamides is 1. The lowest BCUT2D eigenvalue weighted by Gasteiger charge is -2.18. The lowest BCUT2D eigenvalue weighted by atomic mass is 10.2. The molecule has 0 atom stereocenters. The molecule has 1 N–H and O–H groups in total. The fourth-order valence-corrected chi connectivity index (χ4v) is 4.56. The predicted octanol–water partition coefficient (Wildman–Crippen LogP) is 3.13. The number of rotatable bonds is 6. The van der Waals surface area contributed by atoms with Crippen LogP contribution in [0.4, 0.5) is 15.8 Å². The zero-order valence-corrected chi connectivity index (χ0v) is 14.7. The van der Waals surface area contributed by atoms with E-state index in [1.807, 2.05) is 0 Å². The van der Waals surface area contributed by atoms with Crippen LogP contribution in [0.2, 0.25) is 0 Å². The third-order valence-corrected chi connectivity index (χ3v) is 6.19. The largest absolute Gasteiger partial charge is 0.380 e. The van der Waals surface area contributed by atoms with Crippen LogP contribution < -0.4 is 5.32 Å². The van der Waals surface area contributed by atoms with Gasteiger partial charge in [-0.25, -0.2) is 12.8 Å². The molecule has 1 heterocycles. The number of hydrogen-bond acceptors (Lipinski definition) is 5. The highest BCUT2D eigenvalue weighted by molar-refractivity contribution is 7.89. The molecule has 0 amide bonds. The zero-order chi connectivity index (χ0) is 18.7. The van der Waals surface area contributed by atoms with E-state index >= 15 is 0 Å². The number of halogens is 1. The molecule has 1 aliphatic rings. The van der Waals surface area contributed by atoms with Gasteiger partial charge in [0.2, 0.25) is 10.0 Å². The second kappa shape index (κ2) is 7.38. The van der Waals surface area contributed by atoms with Gasteiger partial charge in [0.05, 0.1) is 10.6 Å². The van der Waals surface area contributed by atoms with Crippen molar-refractivity contribution in [2.45, 2.75) is 24.3 Å². The zero-order valence-electron chi connectivity index (χ0n) is 13.9. The summed E-state index contributed by atoms with van der Waals surface area (Å²) >= 11 is 0. The van der Waals surface area contributed by atoms with Gasteiger partial charge in [-0.2, -0.15) is 4.31 Å². The van der Waals surface area contributed by atoms with Crippen LogP contribution in [0, 0.1) is 15.9 Å². The van der Waals surface area contributed by atoms with E-state index in [0.717, 1.165) is 24.5 Å². The first-order chi connectivity index (χ1) is 12.4. The minimum atomic E-state index is -3.83. The number of hydrogen-bond donors (Lipinski definition) is 1. The van der Waals surface area contributed by atoms with Gasteiger partial charge in [0.25, 0.3) is 5.69 Å². The average Bonchev–Trinajstić information content (AvgIpc) is 3.16. The van der Waals surface area contributed by atoms with Gasteiger partial charge in [0.1, 0.15) is 10.7 Å². The van der Waals surface area contributed by atoms with Crippen LogP contribution in [-0.2, 0) is 16.6 Å². The van der Waals surface area contributed by atoms with Gasteiger partial charge in [-0.3, -0.25) is 10.1 Å². The molecule has 0 spiro atoms. The summed E-state index contributed by atoms with van der Waals surface area (Å²) in [6.45, 7) is 1.07. The number of benzene rings is 2. The summed E-state index contributed by atoms with van der Waals surface area (Å²) in [6.07, 6.45) is 1.54. The van der Waals surface area contributed by atoms with Gasteiger partial charge < -0.3 is 5.32 Å². The maximum absolute atomic E-state index is 13.0. The van der Waals surface area contributed by atoms with Crippen molar-refractivity contribution in [2.24, 2.45) is 0 Å². The monoisotopic (exact) mass is 379 g/mol. The molecule has 1 fully saturated rings. The first kappa shape index (κ1) is 18.3. The van der Waals surface area contributed by atoms with Crippen LogP contribution >= 0.6 is 0 Å². The molecule has 0 bridgehead atoms. The molecule has 9 heteroatoms. The van der Waals surface area contributed by atoms with Crippen LogP contribution in [0.3, 0.4) is 0 Å². The topological polar surface area (TPSA) is 92.5 Å².